The Morgan fingerprint density at radius 3 is 2.96 bits per heavy atom. The van der Waals surface area contributed by atoms with Crippen molar-refractivity contribution in [1.29, 1.82) is 0 Å². The molecule has 122 valence electrons. The van der Waals surface area contributed by atoms with Gasteiger partial charge in [0.25, 0.3) is 0 Å². The highest BCUT2D eigenvalue weighted by atomic mass is 19.3. The number of para-hydroxylation sites is 1. The zero-order valence-corrected chi connectivity index (χ0v) is 12.5. The Morgan fingerprint density at radius 1 is 1.30 bits per heavy atom. The van der Waals surface area contributed by atoms with Crippen LogP contribution in [0, 0.1) is 0 Å². The van der Waals surface area contributed by atoms with Crippen LogP contribution in [0.5, 0.6) is 5.75 Å². The van der Waals surface area contributed by atoms with E-state index >= 15 is 0 Å². The second-order valence-electron chi connectivity index (χ2n) is 5.45. The molecule has 1 fully saturated rings. The molecule has 0 radical (unpaired) electrons. The van der Waals surface area contributed by atoms with Gasteiger partial charge in [0.2, 0.25) is 0 Å². The van der Waals surface area contributed by atoms with E-state index in [-0.39, 0.29) is 11.8 Å². The summed E-state index contributed by atoms with van der Waals surface area (Å²) in [6.45, 7) is -0.495. The third kappa shape index (κ3) is 4.35. The number of rotatable bonds is 6. The molecule has 0 aliphatic carbocycles. The quantitative estimate of drug-likeness (QED) is 0.887. The molecule has 1 aromatic carbocycles. The molecule has 1 saturated heterocycles. The number of nitrogens with one attached hydrogen (secondary N) is 1. The fourth-order valence-electron chi connectivity index (χ4n) is 2.77. The van der Waals surface area contributed by atoms with Crippen molar-refractivity contribution in [1.82, 2.24) is 14.9 Å². The van der Waals surface area contributed by atoms with Gasteiger partial charge in [0.15, 0.2) is 0 Å². The maximum atomic E-state index is 12.5. The summed E-state index contributed by atoms with van der Waals surface area (Å²) in [6, 6.07) is 9.05. The summed E-state index contributed by atoms with van der Waals surface area (Å²) >= 11 is 0. The first-order valence-corrected chi connectivity index (χ1v) is 7.48. The first-order valence-electron chi connectivity index (χ1n) is 7.48. The van der Waals surface area contributed by atoms with Gasteiger partial charge < -0.3 is 10.1 Å². The smallest absolute Gasteiger partial charge is 0.387 e. The summed E-state index contributed by atoms with van der Waals surface area (Å²) in [6.07, 6.45) is 4.18. The van der Waals surface area contributed by atoms with Crippen LogP contribution in [0.4, 0.5) is 14.6 Å². The van der Waals surface area contributed by atoms with Crippen molar-refractivity contribution in [3.8, 4) is 5.75 Å². The van der Waals surface area contributed by atoms with E-state index in [2.05, 4.69) is 24.9 Å². The number of benzene rings is 1. The van der Waals surface area contributed by atoms with Crippen LogP contribution >= 0.6 is 0 Å². The van der Waals surface area contributed by atoms with Crippen LogP contribution in [0.1, 0.15) is 12.0 Å². The maximum Gasteiger partial charge on any atom is 0.387 e. The van der Waals surface area contributed by atoms with Crippen LogP contribution in [-0.2, 0) is 6.54 Å². The van der Waals surface area contributed by atoms with Crippen LogP contribution in [0.25, 0.3) is 0 Å². The zero-order chi connectivity index (χ0) is 16.1. The zero-order valence-electron chi connectivity index (χ0n) is 12.5. The molecule has 1 aliphatic heterocycles. The van der Waals surface area contributed by atoms with Gasteiger partial charge in [-0.2, -0.15) is 8.78 Å². The SMILES string of the molecule is FC(F)Oc1ccccc1CN1CCC(Nc2ccncn2)C1. The van der Waals surface area contributed by atoms with Gasteiger partial charge in [-0.3, -0.25) is 4.90 Å². The van der Waals surface area contributed by atoms with Crippen molar-refractivity contribution >= 4 is 5.82 Å². The molecule has 0 saturated carbocycles. The molecular weight excluding hydrogens is 302 g/mol. The van der Waals surface area contributed by atoms with E-state index in [9.17, 15) is 8.78 Å². The van der Waals surface area contributed by atoms with E-state index < -0.39 is 6.61 Å². The first-order chi connectivity index (χ1) is 11.2. The average Bonchev–Trinajstić information content (AvgIpc) is 2.97. The van der Waals surface area contributed by atoms with Gasteiger partial charge in [0.1, 0.15) is 17.9 Å². The third-order valence-corrected chi connectivity index (χ3v) is 3.79. The molecule has 1 unspecified atom stereocenters. The summed E-state index contributed by atoms with van der Waals surface area (Å²) in [5, 5.41) is 3.36. The van der Waals surface area contributed by atoms with Crippen molar-refractivity contribution < 1.29 is 13.5 Å². The lowest BCUT2D eigenvalue weighted by Crippen LogP contribution is -2.26. The number of aromatic nitrogens is 2. The van der Waals surface area contributed by atoms with Crippen molar-refractivity contribution in [2.75, 3.05) is 18.4 Å². The monoisotopic (exact) mass is 320 g/mol. The number of nitrogens with zero attached hydrogens (tertiary/aromatic N) is 3. The van der Waals surface area contributed by atoms with Gasteiger partial charge in [-0.15, -0.1) is 0 Å². The predicted octanol–water partition coefficient (Wildman–Crippen LogP) is 2.76. The number of hydrogen-bond donors (Lipinski definition) is 1. The van der Waals surface area contributed by atoms with Crippen molar-refractivity contribution in [2.45, 2.75) is 25.6 Å². The molecule has 5 nitrogen and oxygen atoms in total. The fraction of sp³-hybridized carbons (Fsp3) is 0.375. The average molecular weight is 320 g/mol. The summed E-state index contributed by atoms with van der Waals surface area (Å²) in [5.41, 5.74) is 0.774. The van der Waals surface area contributed by atoms with E-state index in [1.807, 2.05) is 18.2 Å². The molecule has 23 heavy (non-hydrogen) atoms. The van der Waals surface area contributed by atoms with E-state index in [1.54, 1.807) is 18.3 Å². The number of alkyl halides is 2. The van der Waals surface area contributed by atoms with Crippen LogP contribution in [0.2, 0.25) is 0 Å². The van der Waals surface area contributed by atoms with E-state index in [4.69, 9.17) is 0 Å². The number of anilines is 1. The first kappa shape index (κ1) is 15.6. The number of ether oxygens (including phenoxy) is 1. The topological polar surface area (TPSA) is 50.3 Å². The summed E-state index contributed by atoms with van der Waals surface area (Å²) in [5.74, 6) is 1.04. The number of hydrogen-bond acceptors (Lipinski definition) is 5. The normalized spacial score (nSPS) is 18.3. The molecule has 1 aliphatic rings. The lowest BCUT2D eigenvalue weighted by Gasteiger charge is -2.19. The number of likely N-dealkylation sites (tertiary alicyclic amines) is 1. The minimum atomic E-state index is -2.80. The Morgan fingerprint density at radius 2 is 2.17 bits per heavy atom. The second kappa shape index (κ2) is 7.32. The summed E-state index contributed by atoms with van der Waals surface area (Å²) in [4.78, 5) is 10.3. The highest BCUT2D eigenvalue weighted by molar-refractivity contribution is 5.35. The molecule has 0 spiro atoms. The fourth-order valence-corrected chi connectivity index (χ4v) is 2.77. The Hall–Kier alpha value is -2.28. The molecule has 2 aromatic rings. The molecule has 1 aromatic heterocycles. The Bertz CT molecular complexity index is 626. The number of halogens is 2. The van der Waals surface area contributed by atoms with Gasteiger partial charge in [-0.05, 0) is 18.6 Å². The van der Waals surface area contributed by atoms with Crippen molar-refractivity contribution in [3.05, 3.63) is 48.4 Å². The lowest BCUT2D eigenvalue weighted by molar-refractivity contribution is -0.0507. The molecular formula is C16H18F2N4O. The minimum absolute atomic E-state index is 0.245. The standard InChI is InChI=1S/C16H18F2N4O/c17-16(18)23-14-4-2-1-3-12(14)9-22-8-6-13(10-22)21-15-5-7-19-11-20-15/h1-5,7,11,13,16H,6,8-10H2,(H,19,20,21). The third-order valence-electron chi connectivity index (χ3n) is 3.79. The lowest BCUT2D eigenvalue weighted by atomic mass is 10.2. The largest absolute Gasteiger partial charge is 0.434 e. The Balaban J connectivity index is 1.58. The molecule has 3 rings (SSSR count). The molecule has 2 heterocycles. The molecule has 1 N–H and O–H groups in total. The highest BCUT2D eigenvalue weighted by Crippen LogP contribution is 2.24. The maximum absolute atomic E-state index is 12.5. The Labute approximate surface area is 133 Å². The van der Waals surface area contributed by atoms with E-state index in [0.717, 1.165) is 30.9 Å². The molecule has 7 heteroatoms. The molecule has 0 bridgehead atoms. The van der Waals surface area contributed by atoms with E-state index in [1.165, 1.54) is 6.33 Å². The molecule has 0 amide bonds. The van der Waals surface area contributed by atoms with Gasteiger partial charge in [0, 0.05) is 37.4 Å². The Kier molecular flexibility index (Phi) is 4.97. The summed E-state index contributed by atoms with van der Waals surface area (Å²) < 4.78 is 29.5. The van der Waals surface area contributed by atoms with Crippen LogP contribution < -0.4 is 10.1 Å². The van der Waals surface area contributed by atoms with Gasteiger partial charge in [0.05, 0.1) is 0 Å². The highest BCUT2D eigenvalue weighted by Gasteiger charge is 2.23. The minimum Gasteiger partial charge on any atom is -0.434 e. The van der Waals surface area contributed by atoms with Crippen LogP contribution in [-0.4, -0.2) is 40.6 Å². The van der Waals surface area contributed by atoms with Crippen LogP contribution in [0.3, 0.4) is 0 Å². The second-order valence-corrected chi connectivity index (χ2v) is 5.45. The van der Waals surface area contributed by atoms with Gasteiger partial charge in [-0.25, -0.2) is 9.97 Å². The van der Waals surface area contributed by atoms with E-state index in [0.29, 0.717) is 6.54 Å². The van der Waals surface area contributed by atoms with Crippen LogP contribution in [0.15, 0.2) is 42.9 Å². The summed E-state index contributed by atoms with van der Waals surface area (Å²) in [7, 11) is 0. The van der Waals surface area contributed by atoms with Crippen molar-refractivity contribution in [3.63, 3.8) is 0 Å². The van der Waals surface area contributed by atoms with Gasteiger partial charge >= 0.3 is 6.61 Å². The molecule has 1 atom stereocenters. The van der Waals surface area contributed by atoms with Gasteiger partial charge in [-0.1, -0.05) is 18.2 Å². The predicted molar refractivity (Wildman–Crippen MR) is 82.4 cm³/mol. The van der Waals surface area contributed by atoms with Crippen molar-refractivity contribution in [2.24, 2.45) is 0 Å².